The first kappa shape index (κ1) is 16.3. The Labute approximate surface area is 157 Å². The van der Waals surface area contributed by atoms with Crippen LogP contribution >= 0.6 is 0 Å². The van der Waals surface area contributed by atoms with Crippen LogP contribution in [-0.4, -0.2) is 63.6 Å². The Morgan fingerprint density at radius 2 is 1.81 bits per heavy atom. The fraction of sp³-hybridized carbons (Fsp3) is 0.350. The van der Waals surface area contributed by atoms with Gasteiger partial charge in [0.1, 0.15) is 5.75 Å². The van der Waals surface area contributed by atoms with Crippen molar-refractivity contribution in [3.63, 3.8) is 0 Å². The molecule has 0 unspecified atom stereocenters. The molecule has 0 aliphatic carbocycles. The number of phenolic OH excluding ortho intramolecular Hbond substituents is 1. The SMILES string of the molecule is CN1C[C@@H]2CN(c3ccc(-c4ccc(-c5cn[nH]c5)cc4O)nn3)C[C@@H]2C1. The van der Waals surface area contributed by atoms with Crippen molar-refractivity contribution in [1.82, 2.24) is 25.3 Å². The summed E-state index contributed by atoms with van der Waals surface area (Å²) >= 11 is 0. The summed E-state index contributed by atoms with van der Waals surface area (Å²) in [4.78, 5) is 4.75. The lowest BCUT2D eigenvalue weighted by molar-refractivity contribution is 0.387. The van der Waals surface area contributed by atoms with Crippen molar-refractivity contribution < 1.29 is 5.11 Å². The lowest BCUT2D eigenvalue weighted by Crippen LogP contribution is -2.27. The van der Waals surface area contributed by atoms with Gasteiger partial charge in [-0.05, 0) is 48.7 Å². The molecule has 2 aliphatic heterocycles. The zero-order valence-electron chi connectivity index (χ0n) is 15.2. The summed E-state index contributed by atoms with van der Waals surface area (Å²) in [7, 11) is 2.20. The normalized spacial score (nSPS) is 22.3. The molecular formula is C20H22N6O. The molecule has 4 heterocycles. The van der Waals surface area contributed by atoms with Gasteiger partial charge in [-0.15, -0.1) is 10.2 Å². The quantitative estimate of drug-likeness (QED) is 0.744. The molecule has 138 valence electrons. The van der Waals surface area contributed by atoms with Gasteiger partial charge in [0.15, 0.2) is 5.82 Å². The van der Waals surface area contributed by atoms with Crippen LogP contribution < -0.4 is 4.90 Å². The number of aromatic amines is 1. The fourth-order valence-corrected chi connectivity index (χ4v) is 4.39. The number of likely N-dealkylation sites (tertiary alicyclic amines) is 1. The van der Waals surface area contributed by atoms with Gasteiger partial charge in [0.05, 0.1) is 11.9 Å². The van der Waals surface area contributed by atoms with Crippen molar-refractivity contribution in [3.05, 3.63) is 42.7 Å². The first-order chi connectivity index (χ1) is 13.2. The van der Waals surface area contributed by atoms with Crippen molar-refractivity contribution >= 4 is 5.82 Å². The molecule has 27 heavy (non-hydrogen) atoms. The van der Waals surface area contributed by atoms with Gasteiger partial charge in [0.25, 0.3) is 0 Å². The average Bonchev–Trinajstić information content (AvgIpc) is 3.38. The number of anilines is 1. The molecule has 0 saturated carbocycles. The summed E-state index contributed by atoms with van der Waals surface area (Å²) < 4.78 is 0. The number of aromatic hydroxyl groups is 1. The van der Waals surface area contributed by atoms with Crippen molar-refractivity contribution in [2.75, 3.05) is 38.1 Å². The van der Waals surface area contributed by atoms with Crippen molar-refractivity contribution in [2.45, 2.75) is 0 Å². The van der Waals surface area contributed by atoms with Crippen molar-refractivity contribution in [2.24, 2.45) is 11.8 Å². The fourth-order valence-electron chi connectivity index (χ4n) is 4.39. The van der Waals surface area contributed by atoms with E-state index in [2.05, 4.69) is 37.2 Å². The number of hydrogen-bond acceptors (Lipinski definition) is 6. The van der Waals surface area contributed by atoms with Gasteiger partial charge < -0.3 is 14.9 Å². The molecule has 2 aliphatic rings. The van der Waals surface area contributed by atoms with Gasteiger partial charge >= 0.3 is 0 Å². The minimum Gasteiger partial charge on any atom is -0.507 e. The second-order valence-electron chi connectivity index (χ2n) is 7.64. The number of H-pyrrole nitrogens is 1. The van der Waals surface area contributed by atoms with E-state index in [4.69, 9.17) is 0 Å². The van der Waals surface area contributed by atoms with Gasteiger partial charge in [-0.1, -0.05) is 6.07 Å². The van der Waals surface area contributed by atoms with E-state index in [0.717, 1.165) is 41.9 Å². The highest BCUT2D eigenvalue weighted by molar-refractivity contribution is 5.73. The molecule has 2 saturated heterocycles. The maximum absolute atomic E-state index is 10.4. The minimum absolute atomic E-state index is 0.189. The molecule has 0 amide bonds. The van der Waals surface area contributed by atoms with E-state index in [9.17, 15) is 5.11 Å². The lowest BCUT2D eigenvalue weighted by Gasteiger charge is -2.19. The van der Waals surface area contributed by atoms with Crippen LogP contribution in [0.2, 0.25) is 0 Å². The molecule has 7 nitrogen and oxygen atoms in total. The van der Waals surface area contributed by atoms with Gasteiger partial charge in [0.2, 0.25) is 0 Å². The maximum Gasteiger partial charge on any atom is 0.151 e. The summed E-state index contributed by atoms with van der Waals surface area (Å²) in [5.41, 5.74) is 3.20. The van der Waals surface area contributed by atoms with Crippen LogP contribution in [0, 0.1) is 11.8 Å². The van der Waals surface area contributed by atoms with E-state index in [1.54, 1.807) is 18.5 Å². The Bertz CT molecular complexity index is 926. The van der Waals surface area contributed by atoms with Crippen LogP contribution in [0.5, 0.6) is 5.75 Å². The standard InChI is InChI=1S/C20H22N6O/c1-25-9-15-11-26(12-16(15)10-25)20-5-4-18(23-24-20)17-3-2-13(6-19(17)27)14-7-21-22-8-14/h2-8,15-16,27H,9-12H2,1H3,(H,21,22)/t15-,16+. The summed E-state index contributed by atoms with van der Waals surface area (Å²) in [5.74, 6) is 2.58. The van der Waals surface area contributed by atoms with Gasteiger partial charge in [-0.3, -0.25) is 5.10 Å². The van der Waals surface area contributed by atoms with Crippen molar-refractivity contribution in [3.8, 4) is 28.1 Å². The average molecular weight is 362 g/mol. The zero-order valence-corrected chi connectivity index (χ0v) is 15.2. The first-order valence-electron chi connectivity index (χ1n) is 9.27. The predicted molar refractivity (Wildman–Crippen MR) is 103 cm³/mol. The molecule has 2 N–H and O–H groups in total. The molecule has 2 atom stereocenters. The number of phenols is 1. The maximum atomic E-state index is 10.4. The van der Waals surface area contributed by atoms with E-state index in [-0.39, 0.29) is 5.75 Å². The molecule has 1 aromatic carbocycles. The third-order valence-electron chi connectivity index (χ3n) is 5.75. The summed E-state index contributed by atoms with van der Waals surface area (Å²) in [6.45, 7) is 4.44. The monoisotopic (exact) mass is 362 g/mol. The highest BCUT2D eigenvalue weighted by Gasteiger charge is 2.39. The summed E-state index contributed by atoms with van der Waals surface area (Å²) in [5, 5.41) is 26.0. The van der Waals surface area contributed by atoms with Crippen LogP contribution in [0.1, 0.15) is 0 Å². The van der Waals surface area contributed by atoms with Crippen LogP contribution in [0.3, 0.4) is 0 Å². The number of benzene rings is 1. The summed E-state index contributed by atoms with van der Waals surface area (Å²) in [6.07, 6.45) is 3.53. The van der Waals surface area contributed by atoms with E-state index >= 15 is 0 Å². The molecule has 5 rings (SSSR count). The Morgan fingerprint density at radius 3 is 2.44 bits per heavy atom. The highest BCUT2D eigenvalue weighted by atomic mass is 16.3. The molecule has 2 fully saturated rings. The second kappa shape index (κ2) is 6.35. The topological polar surface area (TPSA) is 81.2 Å². The number of nitrogens with one attached hydrogen (secondary N) is 1. The first-order valence-corrected chi connectivity index (χ1v) is 9.27. The highest BCUT2D eigenvalue weighted by Crippen LogP contribution is 2.34. The van der Waals surface area contributed by atoms with Gasteiger partial charge in [0, 0.05) is 43.5 Å². The van der Waals surface area contributed by atoms with Gasteiger partial charge in [-0.25, -0.2) is 0 Å². The molecule has 0 spiro atoms. The molecule has 3 aromatic rings. The largest absolute Gasteiger partial charge is 0.507 e. The Balaban J connectivity index is 1.35. The van der Waals surface area contributed by atoms with Gasteiger partial charge in [-0.2, -0.15) is 5.10 Å². The van der Waals surface area contributed by atoms with E-state index in [0.29, 0.717) is 11.3 Å². The molecule has 0 radical (unpaired) electrons. The van der Waals surface area contributed by atoms with Crippen LogP contribution in [0.4, 0.5) is 5.82 Å². The van der Waals surface area contributed by atoms with Crippen molar-refractivity contribution in [1.29, 1.82) is 0 Å². The third kappa shape index (κ3) is 2.94. The number of aromatic nitrogens is 4. The lowest BCUT2D eigenvalue weighted by atomic mass is 10.0. The minimum atomic E-state index is 0.189. The predicted octanol–water partition coefficient (Wildman–Crippen LogP) is 2.24. The Morgan fingerprint density at radius 1 is 1.00 bits per heavy atom. The number of fused-ring (bicyclic) bond motifs is 1. The number of nitrogens with zero attached hydrogens (tertiary/aromatic N) is 5. The van der Waals surface area contributed by atoms with Crippen LogP contribution in [0.25, 0.3) is 22.4 Å². The smallest absolute Gasteiger partial charge is 0.151 e. The summed E-state index contributed by atoms with van der Waals surface area (Å²) in [6, 6.07) is 9.50. The zero-order chi connectivity index (χ0) is 18.4. The van der Waals surface area contributed by atoms with E-state index < -0.39 is 0 Å². The molecule has 2 aromatic heterocycles. The molecule has 7 heteroatoms. The number of hydrogen-bond donors (Lipinski definition) is 2. The Hall–Kier alpha value is -2.93. The second-order valence-corrected chi connectivity index (χ2v) is 7.64. The molecule has 0 bridgehead atoms. The third-order valence-corrected chi connectivity index (χ3v) is 5.75. The Kier molecular flexibility index (Phi) is 3.82. The van der Waals surface area contributed by atoms with Crippen LogP contribution in [0.15, 0.2) is 42.7 Å². The molecular weight excluding hydrogens is 340 g/mol. The van der Waals surface area contributed by atoms with Crippen LogP contribution in [-0.2, 0) is 0 Å². The van der Waals surface area contributed by atoms with E-state index in [1.807, 2.05) is 24.3 Å². The number of rotatable bonds is 3. The van der Waals surface area contributed by atoms with E-state index in [1.165, 1.54) is 13.1 Å².